The van der Waals surface area contributed by atoms with E-state index in [0.717, 1.165) is 50.6 Å². The third-order valence-electron chi connectivity index (χ3n) is 8.89. The molecule has 1 aromatic heterocycles. The number of aromatic nitrogens is 1. The molecule has 4 aliphatic rings. The van der Waals surface area contributed by atoms with E-state index in [0.29, 0.717) is 17.8 Å². The van der Waals surface area contributed by atoms with Crippen LogP contribution in [0.5, 0.6) is 0 Å². The van der Waals surface area contributed by atoms with Gasteiger partial charge in [-0.2, -0.15) is 0 Å². The number of rotatable bonds is 2. The van der Waals surface area contributed by atoms with E-state index < -0.39 is 6.43 Å². The van der Waals surface area contributed by atoms with Gasteiger partial charge in [-0.25, -0.2) is 8.78 Å². The van der Waals surface area contributed by atoms with Crippen LogP contribution in [-0.2, 0) is 4.79 Å². The van der Waals surface area contributed by atoms with Crippen LogP contribution in [0.2, 0.25) is 0 Å². The normalized spacial score (nSPS) is 38.0. The molecule has 1 N–H and O–H groups in total. The highest BCUT2D eigenvalue weighted by molar-refractivity contribution is 5.88. The minimum Gasteiger partial charge on any atom is -0.353 e. The predicted octanol–water partition coefficient (Wildman–Crippen LogP) is 5.70. The van der Waals surface area contributed by atoms with Crippen LogP contribution in [0.4, 0.5) is 8.78 Å². The Morgan fingerprint density at radius 1 is 1.13 bits per heavy atom. The van der Waals surface area contributed by atoms with Crippen LogP contribution in [0.1, 0.15) is 69.9 Å². The monoisotopic (exact) mass is 412 g/mol. The second-order valence-electron chi connectivity index (χ2n) is 10.2. The van der Waals surface area contributed by atoms with Gasteiger partial charge >= 0.3 is 0 Å². The number of allylic oxidation sites excluding steroid dienone is 3. The number of pyridine rings is 1. The molecule has 1 amide bonds. The molecule has 5 heteroatoms. The van der Waals surface area contributed by atoms with Gasteiger partial charge in [-0.1, -0.05) is 25.5 Å². The first-order valence-electron chi connectivity index (χ1n) is 11.3. The third kappa shape index (κ3) is 2.88. The van der Waals surface area contributed by atoms with Gasteiger partial charge < -0.3 is 5.32 Å². The smallest absolute Gasteiger partial charge is 0.265 e. The molecule has 0 spiro atoms. The van der Waals surface area contributed by atoms with Crippen molar-refractivity contribution in [3.05, 3.63) is 47.3 Å². The molecule has 5 rings (SSSR count). The lowest BCUT2D eigenvalue weighted by molar-refractivity contribution is -0.116. The molecule has 3 nitrogen and oxygen atoms in total. The maximum absolute atomic E-state index is 13.3. The van der Waals surface area contributed by atoms with Crippen LogP contribution < -0.4 is 5.32 Å². The molecule has 3 aliphatic carbocycles. The highest BCUT2D eigenvalue weighted by Crippen LogP contribution is 2.66. The molecule has 0 aromatic carbocycles. The quantitative estimate of drug-likeness (QED) is 0.677. The summed E-state index contributed by atoms with van der Waals surface area (Å²) in [6, 6.07) is 1.63. The van der Waals surface area contributed by atoms with E-state index in [2.05, 4.69) is 30.2 Å². The fourth-order valence-corrected chi connectivity index (χ4v) is 7.30. The molecule has 30 heavy (non-hydrogen) atoms. The van der Waals surface area contributed by atoms with Gasteiger partial charge in [0.05, 0.1) is 0 Å². The molecule has 0 radical (unpaired) electrons. The molecule has 0 bridgehead atoms. The average molecular weight is 413 g/mol. The van der Waals surface area contributed by atoms with Gasteiger partial charge in [0.1, 0.15) is 0 Å². The van der Waals surface area contributed by atoms with Crippen LogP contribution in [0.15, 0.2) is 36.2 Å². The summed E-state index contributed by atoms with van der Waals surface area (Å²) in [6.45, 7) is 5.46. The fraction of sp³-hybridized carbons (Fsp3) is 0.600. The minimum atomic E-state index is -2.49. The number of alkyl halides is 2. The summed E-state index contributed by atoms with van der Waals surface area (Å²) in [5.74, 6) is 1.79. The summed E-state index contributed by atoms with van der Waals surface area (Å²) in [6.07, 6.45) is 11.0. The number of carbonyl (C=O) groups is 1. The first-order chi connectivity index (χ1) is 14.3. The van der Waals surface area contributed by atoms with Crippen molar-refractivity contribution in [2.75, 3.05) is 6.54 Å². The number of nitrogens with zero attached hydrogens (tertiary/aromatic N) is 1. The van der Waals surface area contributed by atoms with E-state index in [1.165, 1.54) is 17.3 Å². The van der Waals surface area contributed by atoms with E-state index in [9.17, 15) is 13.6 Å². The number of halogens is 2. The lowest BCUT2D eigenvalue weighted by atomic mass is 9.47. The van der Waals surface area contributed by atoms with Crippen molar-refractivity contribution in [3.63, 3.8) is 0 Å². The van der Waals surface area contributed by atoms with Gasteiger partial charge in [-0.3, -0.25) is 9.78 Å². The Morgan fingerprint density at radius 3 is 2.77 bits per heavy atom. The van der Waals surface area contributed by atoms with Gasteiger partial charge in [-0.05, 0) is 84.3 Å². The van der Waals surface area contributed by atoms with E-state index in [1.54, 1.807) is 12.3 Å². The summed E-state index contributed by atoms with van der Waals surface area (Å²) in [7, 11) is 0. The number of nitrogens with one attached hydrogen (secondary N) is 1. The molecular formula is C25H30F2N2O. The molecule has 2 unspecified atom stereocenters. The molecule has 1 aromatic rings. The van der Waals surface area contributed by atoms with Crippen LogP contribution in [-0.4, -0.2) is 17.4 Å². The highest BCUT2D eigenvalue weighted by atomic mass is 19.3. The fourth-order valence-electron chi connectivity index (χ4n) is 7.30. The Hall–Kier alpha value is -2.04. The van der Waals surface area contributed by atoms with Crippen molar-refractivity contribution in [3.8, 4) is 0 Å². The summed E-state index contributed by atoms with van der Waals surface area (Å²) in [4.78, 5) is 16.2. The summed E-state index contributed by atoms with van der Waals surface area (Å²) >= 11 is 0. The van der Waals surface area contributed by atoms with Crippen LogP contribution in [0.3, 0.4) is 0 Å². The highest BCUT2D eigenvalue weighted by Gasteiger charge is 2.56. The zero-order valence-corrected chi connectivity index (χ0v) is 17.8. The second-order valence-corrected chi connectivity index (χ2v) is 10.2. The molecule has 5 atom stereocenters. The first-order valence-corrected chi connectivity index (χ1v) is 11.3. The van der Waals surface area contributed by atoms with Crippen molar-refractivity contribution in [2.45, 2.75) is 58.8 Å². The lowest BCUT2D eigenvalue weighted by Gasteiger charge is -2.57. The van der Waals surface area contributed by atoms with Gasteiger partial charge in [0.25, 0.3) is 6.43 Å². The van der Waals surface area contributed by atoms with Crippen molar-refractivity contribution in [1.29, 1.82) is 0 Å². The maximum atomic E-state index is 13.3. The Bertz CT molecular complexity index is 939. The number of hydrogen-bond acceptors (Lipinski definition) is 2. The maximum Gasteiger partial charge on any atom is 0.265 e. The summed E-state index contributed by atoms with van der Waals surface area (Å²) in [5, 5.41) is 3.02. The lowest BCUT2D eigenvalue weighted by Crippen LogP contribution is -2.49. The summed E-state index contributed by atoms with van der Waals surface area (Å²) < 4.78 is 26.5. The zero-order valence-electron chi connectivity index (χ0n) is 17.8. The number of carbonyl (C=O) groups excluding carboxylic acids is 1. The van der Waals surface area contributed by atoms with Gasteiger partial charge in [0, 0.05) is 30.6 Å². The standard InChI is InChI=1S/C25H30F2N2O/c1-24-9-10-29-22(30)12-17(24)3-4-18-20-6-5-19(25(20,2)8-7-21(18)24)15-11-16(23(26)27)14-28-13-15/h5,11-14,18,20-21,23H,3-4,6-10H2,1-2H3,(H,29,30)/t18-,20?,21?,24-,25+/m0/s1. The van der Waals surface area contributed by atoms with E-state index in [-0.39, 0.29) is 22.3 Å². The average Bonchev–Trinajstić information content (AvgIpc) is 2.99. The van der Waals surface area contributed by atoms with E-state index in [1.807, 2.05) is 6.08 Å². The molecular weight excluding hydrogens is 382 g/mol. The van der Waals surface area contributed by atoms with Crippen LogP contribution in [0.25, 0.3) is 5.57 Å². The summed E-state index contributed by atoms with van der Waals surface area (Å²) in [5.41, 5.74) is 3.52. The molecule has 2 fully saturated rings. The molecule has 2 saturated carbocycles. The number of hydrogen-bond donors (Lipinski definition) is 1. The van der Waals surface area contributed by atoms with Gasteiger partial charge in [0.15, 0.2) is 0 Å². The molecule has 0 saturated heterocycles. The van der Waals surface area contributed by atoms with E-state index in [4.69, 9.17) is 0 Å². The number of amides is 1. The minimum absolute atomic E-state index is 0.00437. The predicted molar refractivity (Wildman–Crippen MR) is 113 cm³/mol. The van der Waals surface area contributed by atoms with Gasteiger partial charge in [0.2, 0.25) is 5.91 Å². The van der Waals surface area contributed by atoms with Crippen molar-refractivity contribution < 1.29 is 13.6 Å². The zero-order chi connectivity index (χ0) is 21.1. The van der Waals surface area contributed by atoms with Crippen molar-refractivity contribution >= 4 is 11.5 Å². The van der Waals surface area contributed by atoms with Gasteiger partial charge in [-0.15, -0.1) is 0 Å². The number of fused-ring (bicyclic) bond motifs is 5. The van der Waals surface area contributed by atoms with Crippen LogP contribution in [0, 0.1) is 28.6 Å². The molecule has 160 valence electrons. The van der Waals surface area contributed by atoms with E-state index >= 15 is 0 Å². The topological polar surface area (TPSA) is 42.0 Å². The molecule has 1 aliphatic heterocycles. The Labute approximate surface area is 177 Å². The largest absolute Gasteiger partial charge is 0.353 e. The van der Waals surface area contributed by atoms with Crippen molar-refractivity contribution in [1.82, 2.24) is 10.3 Å². The second kappa shape index (κ2) is 7.00. The third-order valence-corrected chi connectivity index (χ3v) is 8.89. The van der Waals surface area contributed by atoms with Crippen molar-refractivity contribution in [2.24, 2.45) is 28.6 Å². The Kier molecular flexibility index (Phi) is 4.64. The SMILES string of the molecule is C[C@]12CCNC(=O)C=C1CC[C@@H]1C2CC[C@]2(C)C(c3cncc(C(F)F)c3)=CCC12. The Morgan fingerprint density at radius 2 is 1.97 bits per heavy atom. The van der Waals surface area contributed by atoms with Crippen LogP contribution >= 0.6 is 0 Å². The first kappa shape index (κ1) is 19.9. The molecule has 2 heterocycles. The Balaban J connectivity index is 1.46.